The van der Waals surface area contributed by atoms with Gasteiger partial charge in [0.05, 0.1) is 11.9 Å². The van der Waals surface area contributed by atoms with Crippen LogP contribution in [0.4, 0.5) is 4.79 Å². The average Bonchev–Trinajstić information content (AvgIpc) is 3.36. The topological polar surface area (TPSA) is 78.0 Å². The molecule has 5 rings (SSSR count). The number of carboxylic acid groups (broad SMARTS) is 1. The molecule has 1 aliphatic rings. The van der Waals surface area contributed by atoms with Crippen molar-refractivity contribution >= 4 is 43.6 Å². The lowest BCUT2D eigenvalue weighted by Crippen LogP contribution is -2.35. The van der Waals surface area contributed by atoms with Gasteiger partial charge in [0.1, 0.15) is 5.82 Å². The number of benzene rings is 3. The van der Waals surface area contributed by atoms with E-state index in [1.807, 2.05) is 6.20 Å². The number of hydrogen-bond acceptors (Lipinski definition) is 2. The van der Waals surface area contributed by atoms with Crippen molar-refractivity contribution in [2.45, 2.75) is 31.2 Å². The molecule has 4 aromatic rings. The Hall–Kier alpha value is -2.86. The second kappa shape index (κ2) is 7.19. The van der Waals surface area contributed by atoms with Gasteiger partial charge in [0.25, 0.3) is 0 Å². The first-order valence-corrected chi connectivity index (χ1v) is 10.5. The molecule has 3 aromatic carbocycles. The van der Waals surface area contributed by atoms with Crippen LogP contribution < -0.4 is 5.32 Å². The van der Waals surface area contributed by atoms with E-state index in [4.69, 9.17) is 5.11 Å². The van der Waals surface area contributed by atoms with Crippen LogP contribution >= 0.6 is 15.9 Å². The van der Waals surface area contributed by atoms with Gasteiger partial charge in [0, 0.05) is 22.0 Å². The molecule has 1 fully saturated rings. The average molecular weight is 450 g/mol. The predicted molar refractivity (Wildman–Crippen MR) is 118 cm³/mol. The van der Waals surface area contributed by atoms with E-state index in [0.717, 1.165) is 40.8 Å². The molecule has 146 valence electrons. The summed E-state index contributed by atoms with van der Waals surface area (Å²) >= 11 is 3.54. The molecule has 2 atom stereocenters. The number of H-pyrrole nitrogens is 1. The largest absolute Gasteiger partial charge is 0.465 e. The molecule has 0 aliphatic heterocycles. The van der Waals surface area contributed by atoms with Gasteiger partial charge in [-0.1, -0.05) is 52.7 Å². The number of nitrogens with zero attached hydrogens (tertiary/aromatic N) is 1. The minimum Gasteiger partial charge on any atom is -0.465 e. The molecular formula is C23H20BrN3O2. The van der Waals surface area contributed by atoms with Gasteiger partial charge in [-0.15, -0.1) is 0 Å². The van der Waals surface area contributed by atoms with E-state index in [-0.39, 0.29) is 12.0 Å². The van der Waals surface area contributed by atoms with Crippen LogP contribution in [-0.2, 0) is 0 Å². The minimum absolute atomic E-state index is 0.0752. The number of nitrogens with one attached hydrogen (secondary N) is 2. The Morgan fingerprint density at radius 2 is 1.83 bits per heavy atom. The van der Waals surface area contributed by atoms with E-state index in [2.05, 4.69) is 79.7 Å². The highest BCUT2D eigenvalue weighted by Crippen LogP contribution is 2.35. The Kier molecular flexibility index (Phi) is 4.51. The lowest BCUT2D eigenvalue weighted by molar-refractivity contribution is 0.188. The van der Waals surface area contributed by atoms with Gasteiger partial charge in [-0.2, -0.15) is 0 Å². The first-order valence-electron chi connectivity index (χ1n) is 9.75. The Labute approximate surface area is 176 Å². The Balaban J connectivity index is 1.49. The second-order valence-electron chi connectivity index (χ2n) is 7.64. The highest BCUT2D eigenvalue weighted by molar-refractivity contribution is 9.10. The molecule has 29 heavy (non-hydrogen) atoms. The number of fused-ring (bicyclic) bond motifs is 3. The van der Waals surface area contributed by atoms with Gasteiger partial charge in [0.2, 0.25) is 0 Å². The normalized spacial score (nSPS) is 19.1. The van der Waals surface area contributed by atoms with Crippen LogP contribution in [0, 0.1) is 0 Å². The van der Waals surface area contributed by atoms with Gasteiger partial charge in [-0.25, -0.2) is 9.78 Å². The molecule has 1 aliphatic carbocycles. The van der Waals surface area contributed by atoms with Crippen molar-refractivity contribution in [2.75, 3.05) is 0 Å². The fraction of sp³-hybridized carbons (Fsp3) is 0.217. The lowest BCUT2D eigenvalue weighted by Gasteiger charge is -2.17. The standard InChI is InChI=1S/C23H20BrN3O2/c24-16-7-9-18-14(11-16)5-4-13-10-15(6-8-17(13)18)21-12-25-22(26-21)19-2-1-3-20(19)27-23(28)29/h4-12,19-20,27H,1-3H2,(H,25,26)(H,28,29)/t19-,20-/m0/s1. The Bertz CT molecular complexity index is 1230. The summed E-state index contributed by atoms with van der Waals surface area (Å²) in [6, 6.07) is 17.0. The number of aromatic nitrogens is 2. The van der Waals surface area contributed by atoms with E-state index >= 15 is 0 Å². The molecule has 0 radical (unpaired) electrons. The molecule has 1 saturated carbocycles. The number of carbonyl (C=O) groups is 1. The Morgan fingerprint density at radius 1 is 1.07 bits per heavy atom. The third-order valence-electron chi connectivity index (χ3n) is 5.88. The molecule has 3 N–H and O–H groups in total. The van der Waals surface area contributed by atoms with Gasteiger partial charge >= 0.3 is 6.09 Å². The number of hydrogen-bond donors (Lipinski definition) is 3. The summed E-state index contributed by atoms with van der Waals surface area (Å²) < 4.78 is 1.08. The summed E-state index contributed by atoms with van der Waals surface area (Å²) in [5.41, 5.74) is 2.03. The highest BCUT2D eigenvalue weighted by atomic mass is 79.9. The summed E-state index contributed by atoms with van der Waals surface area (Å²) in [6.07, 6.45) is 3.68. The van der Waals surface area contributed by atoms with Crippen LogP contribution in [0.5, 0.6) is 0 Å². The highest BCUT2D eigenvalue weighted by Gasteiger charge is 2.31. The molecule has 0 spiro atoms. The third-order valence-corrected chi connectivity index (χ3v) is 6.37. The van der Waals surface area contributed by atoms with E-state index < -0.39 is 6.09 Å². The molecule has 6 heteroatoms. The van der Waals surface area contributed by atoms with Gasteiger partial charge in [-0.05, 0) is 52.6 Å². The third kappa shape index (κ3) is 3.38. The van der Waals surface area contributed by atoms with Crippen molar-refractivity contribution in [1.82, 2.24) is 15.3 Å². The van der Waals surface area contributed by atoms with E-state index in [1.54, 1.807) is 0 Å². The number of imidazole rings is 1. The maximum atomic E-state index is 11.1. The fourth-order valence-corrected chi connectivity index (χ4v) is 4.88. The molecular weight excluding hydrogens is 430 g/mol. The van der Waals surface area contributed by atoms with Crippen LogP contribution in [0.1, 0.15) is 31.0 Å². The summed E-state index contributed by atoms with van der Waals surface area (Å²) in [4.78, 5) is 19.1. The maximum Gasteiger partial charge on any atom is 0.404 e. The molecule has 1 aromatic heterocycles. The van der Waals surface area contributed by atoms with E-state index in [0.29, 0.717) is 0 Å². The number of rotatable bonds is 3. The van der Waals surface area contributed by atoms with Crippen molar-refractivity contribution in [2.24, 2.45) is 0 Å². The van der Waals surface area contributed by atoms with Crippen molar-refractivity contribution in [3.8, 4) is 11.3 Å². The smallest absolute Gasteiger partial charge is 0.404 e. The van der Waals surface area contributed by atoms with Crippen molar-refractivity contribution in [1.29, 1.82) is 0 Å². The minimum atomic E-state index is -0.970. The van der Waals surface area contributed by atoms with Gasteiger partial charge < -0.3 is 15.4 Å². The van der Waals surface area contributed by atoms with Crippen LogP contribution in [0.3, 0.4) is 0 Å². The zero-order valence-electron chi connectivity index (χ0n) is 15.7. The molecule has 0 bridgehead atoms. The molecule has 1 amide bonds. The zero-order valence-corrected chi connectivity index (χ0v) is 17.2. The summed E-state index contributed by atoms with van der Waals surface area (Å²) in [5.74, 6) is 0.961. The first kappa shape index (κ1) is 18.2. The van der Waals surface area contributed by atoms with Gasteiger partial charge in [-0.3, -0.25) is 0 Å². The Morgan fingerprint density at radius 3 is 2.62 bits per heavy atom. The van der Waals surface area contributed by atoms with Crippen molar-refractivity contribution < 1.29 is 9.90 Å². The summed E-state index contributed by atoms with van der Waals surface area (Å²) in [6.45, 7) is 0. The van der Waals surface area contributed by atoms with Crippen LogP contribution in [0.2, 0.25) is 0 Å². The number of aromatic amines is 1. The fourth-order valence-electron chi connectivity index (χ4n) is 4.50. The monoisotopic (exact) mass is 449 g/mol. The first-order chi connectivity index (χ1) is 14.1. The van der Waals surface area contributed by atoms with E-state index in [9.17, 15) is 4.79 Å². The van der Waals surface area contributed by atoms with Crippen LogP contribution in [0.25, 0.3) is 32.8 Å². The summed E-state index contributed by atoms with van der Waals surface area (Å²) in [5, 5.41) is 16.6. The van der Waals surface area contributed by atoms with Gasteiger partial charge in [0.15, 0.2) is 0 Å². The SMILES string of the molecule is O=C(O)N[C@H]1CCC[C@@H]1c1ncc(-c2ccc3c(ccc4cc(Br)ccc43)c2)[nH]1. The predicted octanol–water partition coefficient (Wildman–Crippen LogP) is 6.05. The van der Waals surface area contributed by atoms with E-state index in [1.165, 1.54) is 21.5 Å². The van der Waals surface area contributed by atoms with Crippen LogP contribution in [0.15, 0.2) is 59.2 Å². The van der Waals surface area contributed by atoms with Crippen molar-refractivity contribution in [3.05, 3.63) is 65.0 Å². The number of halogens is 1. The zero-order chi connectivity index (χ0) is 20.0. The number of amides is 1. The van der Waals surface area contributed by atoms with Crippen molar-refractivity contribution in [3.63, 3.8) is 0 Å². The summed E-state index contributed by atoms with van der Waals surface area (Å²) in [7, 11) is 0. The van der Waals surface area contributed by atoms with Crippen LogP contribution in [-0.4, -0.2) is 27.2 Å². The lowest BCUT2D eigenvalue weighted by atomic mass is 9.99. The molecule has 0 unspecified atom stereocenters. The molecule has 0 saturated heterocycles. The molecule has 5 nitrogen and oxygen atoms in total. The quantitative estimate of drug-likeness (QED) is 0.333. The second-order valence-corrected chi connectivity index (χ2v) is 8.56. The molecule has 1 heterocycles. The maximum absolute atomic E-state index is 11.1.